The Balaban J connectivity index is 1.56. The minimum Gasteiger partial charge on any atom is -0.451 e. The molecule has 1 amide bonds. The lowest BCUT2D eigenvalue weighted by Gasteiger charge is -2.14. The van der Waals surface area contributed by atoms with Gasteiger partial charge >= 0.3 is 0 Å². The molecule has 1 aliphatic rings. The SMILES string of the molecule is C=CC(=O)N1CC[C@H](n2nc(-c3ccc(Oc4c(F)c(F)cc(F)c4F)cc3F)c3c(CC)ncnc32)C1. The summed E-state index contributed by atoms with van der Waals surface area (Å²) >= 11 is 0. The first-order valence-electron chi connectivity index (χ1n) is 11.7. The Kier molecular flexibility index (Phi) is 6.55. The van der Waals surface area contributed by atoms with Gasteiger partial charge in [0.05, 0.1) is 17.1 Å². The third-order valence-corrected chi connectivity index (χ3v) is 6.38. The summed E-state index contributed by atoms with van der Waals surface area (Å²) in [6, 6.07) is 3.12. The molecule has 2 aromatic carbocycles. The maximum atomic E-state index is 15.4. The lowest BCUT2D eigenvalue weighted by molar-refractivity contribution is -0.125. The molecule has 0 radical (unpaired) electrons. The number of halogens is 5. The molecule has 12 heteroatoms. The molecule has 5 rings (SSSR count). The molecular formula is C26H20F5N5O2. The van der Waals surface area contributed by atoms with Crippen molar-refractivity contribution in [2.75, 3.05) is 13.1 Å². The molecule has 0 aliphatic carbocycles. The number of carbonyl (C=O) groups excluding carboxylic acids is 1. The molecule has 3 heterocycles. The van der Waals surface area contributed by atoms with Gasteiger partial charge < -0.3 is 9.64 Å². The fraction of sp³-hybridized carbons (Fsp3) is 0.231. The Hall–Kier alpha value is -4.35. The Labute approximate surface area is 213 Å². The number of hydrogen-bond acceptors (Lipinski definition) is 5. The van der Waals surface area contributed by atoms with Crippen LogP contribution in [-0.4, -0.2) is 43.6 Å². The lowest BCUT2D eigenvalue weighted by Crippen LogP contribution is -2.27. The first-order valence-corrected chi connectivity index (χ1v) is 11.7. The van der Waals surface area contributed by atoms with Crippen molar-refractivity contribution < 1.29 is 31.5 Å². The second kappa shape index (κ2) is 9.84. The lowest BCUT2D eigenvalue weighted by atomic mass is 10.1. The average molecular weight is 529 g/mol. The van der Waals surface area contributed by atoms with Crippen LogP contribution in [0.25, 0.3) is 22.3 Å². The van der Waals surface area contributed by atoms with Crippen molar-refractivity contribution in [3.63, 3.8) is 0 Å². The van der Waals surface area contributed by atoms with Crippen LogP contribution in [0, 0.1) is 29.1 Å². The summed E-state index contributed by atoms with van der Waals surface area (Å²) in [4.78, 5) is 22.4. The molecule has 7 nitrogen and oxygen atoms in total. The molecule has 2 aromatic heterocycles. The first-order chi connectivity index (χ1) is 18.2. The number of carbonyl (C=O) groups is 1. The van der Waals surface area contributed by atoms with Gasteiger partial charge in [0.15, 0.2) is 17.3 Å². The van der Waals surface area contributed by atoms with Gasteiger partial charge in [0, 0.05) is 30.8 Å². The molecule has 0 spiro atoms. The van der Waals surface area contributed by atoms with E-state index in [2.05, 4.69) is 21.6 Å². The molecule has 1 fully saturated rings. The second-order valence-electron chi connectivity index (χ2n) is 8.64. The quantitative estimate of drug-likeness (QED) is 0.187. The molecule has 0 saturated carbocycles. The van der Waals surface area contributed by atoms with E-state index >= 15 is 4.39 Å². The van der Waals surface area contributed by atoms with Gasteiger partial charge in [0.2, 0.25) is 23.3 Å². The Morgan fingerprint density at radius 3 is 2.50 bits per heavy atom. The van der Waals surface area contributed by atoms with Crippen LogP contribution in [0.15, 0.2) is 43.2 Å². The minimum absolute atomic E-state index is 0.0222. The smallest absolute Gasteiger partial charge is 0.246 e. The van der Waals surface area contributed by atoms with Gasteiger partial charge in [0.25, 0.3) is 0 Å². The standard InChI is InChI=1S/C26H20F5N5O2/c1-3-19-21-24(34-36(26(21)33-12-32-19)13-7-8-35(11-13)20(37)4-2)15-6-5-14(9-16(15)27)38-25-22(30)17(28)10-18(29)23(25)31/h4-6,9-10,12-13H,2-3,7-8,11H2,1H3/t13-/m0/s1. The van der Waals surface area contributed by atoms with E-state index in [9.17, 15) is 22.4 Å². The predicted molar refractivity (Wildman–Crippen MR) is 127 cm³/mol. The Morgan fingerprint density at radius 2 is 1.84 bits per heavy atom. The van der Waals surface area contributed by atoms with E-state index in [0.717, 1.165) is 6.07 Å². The monoisotopic (exact) mass is 529 g/mol. The van der Waals surface area contributed by atoms with Crippen molar-refractivity contribution in [1.29, 1.82) is 0 Å². The van der Waals surface area contributed by atoms with Crippen molar-refractivity contribution in [3.05, 3.63) is 78.0 Å². The topological polar surface area (TPSA) is 73.1 Å². The van der Waals surface area contributed by atoms with Gasteiger partial charge in [0.1, 0.15) is 23.6 Å². The average Bonchev–Trinajstić information content (AvgIpc) is 3.55. The molecule has 0 N–H and O–H groups in total. The highest BCUT2D eigenvalue weighted by atomic mass is 19.2. The highest BCUT2D eigenvalue weighted by Gasteiger charge is 2.31. The second-order valence-corrected chi connectivity index (χ2v) is 8.64. The molecule has 0 unspecified atom stereocenters. The number of ether oxygens (including phenoxy) is 1. The fourth-order valence-corrected chi connectivity index (χ4v) is 4.52. The predicted octanol–water partition coefficient (Wildman–Crippen LogP) is 5.50. The summed E-state index contributed by atoms with van der Waals surface area (Å²) in [6.07, 6.45) is 3.72. The van der Waals surface area contributed by atoms with Gasteiger partial charge in [-0.2, -0.15) is 13.9 Å². The number of hydrogen-bond donors (Lipinski definition) is 0. The number of aryl methyl sites for hydroxylation is 1. The van der Waals surface area contributed by atoms with E-state index in [0.29, 0.717) is 42.7 Å². The van der Waals surface area contributed by atoms with E-state index in [1.165, 1.54) is 24.5 Å². The third kappa shape index (κ3) is 4.25. The molecule has 196 valence electrons. The van der Waals surface area contributed by atoms with Crippen LogP contribution < -0.4 is 4.74 Å². The highest BCUT2D eigenvalue weighted by molar-refractivity contribution is 5.93. The van der Waals surface area contributed by atoms with Gasteiger partial charge in [-0.3, -0.25) is 4.79 Å². The Morgan fingerprint density at radius 1 is 1.11 bits per heavy atom. The van der Waals surface area contributed by atoms with E-state index in [4.69, 9.17) is 4.74 Å². The summed E-state index contributed by atoms with van der Waals surface area (Å²) in [5, 5.41) is 5.16. The van der Waals surface area contributed by atoms with Crippen molar-refractivity contribution >= 4 is 16.9 Å². The minimum atomic E-state index is -1.75. The number of rotatable bonds is 6. The van der Waals surface area contributed by atoms with Crippen LogP contribution in [0.4, 0.5) is 22.0 Å². The van der Waals surface area contributed by atoms with Crippen LogP contribution in [-0.2, 0) is 11.2 Å². The zero-order chi connectivity index (χ0) is 27.1. The highest BCUT2D eigenvalue weighted by Crippen LogP contribution is 2.37. The Bertz CT molecular complexity index is 1560. The first kappa shape index (κ1) is 25.3. The number of fused-ring (bicyclic) bond motifs is 1. The molecule has 4 aromatic rings. The van der Waals surface area contributed by atoms with Crippen LogP contribution in [0.5, 0.6) is 11.5 Å². The maximum Gasteiger partial charge on any atom is 0.246 e. The molecule has 38 heavy (non-hydrogen) atoms. The van der Waals surface area contributed by atoms with E-state index < -0.39 is 34.8 Å². The number of benzene rings is 2. The zero-order valence-electron chi connectivity index (χ0n) is 20.0. The van der Waals surface area contributed by atoms with E-state index in [1.807, 2.05) is 6.92 Å². The van der Waals surface area contributed by atoms with Crippen molar-refractivity contribution in [1.82, 2.24) is 24.6 Å². The summed E-state index contributed by atoms with van der Waals surface area (Å²) in [5.74, 6) is -9.59. The van der Waals surface area contributed by atoms with Crippen LogP contribution in [0.3, 0.4) is 0 Å². The summed E-state index contributed by atoms with van der Waals surface area (Å²) < 4.78 is 77.1. The van der Waals surface area contributed by atoms with E-state index in [-0.39, 0.29) is 35.0 Å². The maximum absolute atomic E-state index is 15.4. The van der Waals surface area contributed by atoms with Crippen molar-refractivity contribution in [2.45, 2.75) is 25.8 Å². The number of amides is 1. The summed E-state index contributed by atoms with van der Waals surface area (Å²) in [5.41, 5.74) is 1.33. The fourth-order valence-electron chi connectivity index (χ4n) is 4.52. The largest absolute Gasteiger partial charge is 0.451 e. The van der Waals surface area contributed by atoms with Gasteiger partial charge in [-0.15, -0.1) is 0 Å². The molecule has 1 saturated heterocycles. The van der Waals surface area contributed by atoms with E-state index in [1.54, 1.807) is 9.58 Å². The number of nitrogens with zero attached hydrogens (tertiary/aromatic N) is 5. The molecule has 1 aliphatic heterocycles. The molecule has 0 bridgehead atoms. The van der Waals surface area contributed by atoms with Gasteiger partial charge in [-0.05, 0) is 31.1 Å². The number of likely N-dealkylation sites (tertiary alicyclic amines) is 1. The molecule has 1 atom stereocenters. The zero-order valence-corrected chi connectivity index (χ0v) is 20.0. The normalized spacial score (nSPS) is 15.3. The number of aromatic nitrogens is 4. The summed E-state index contributed by atoms with van der Waals surface area (Å²) in [7, 11) is 0. The summed E-state index contributed by atoms with van der Waals surface area (Å²) in [6.45, 7) is 6.24. The van der Waals surface area contributed by atoms with Crippen LogP contribution in [0.1, 0.15) is 25.1 Å². The van der Waals surface area contributed by atoms with Crippen LogP contribution in [0.2, 0.25) is 0 Å². The molecular weight excluding hydrogens is 509 g/mol. The van der Waals surface area contributed by atoms with Crippen molar-refractivity contribution in [2.24, 2.45) is 0 Å². The van der Waals surface area contributed by atoms with Gasteiger partial charge in [-0.1, -0.05) is 13.5 Å². The third-order valence-electron chi connectivity index (χ3n) is 6.38. The van der Waals surface area contributed by atoms with Crippen molar-refractivity contribution in [3.8, 4) is 22.8 Å². The van der Waals surface area contributed by atoms with Crippen LogP contribution >= 0.6 is 0 Å². The van der Waals surface area contributed by atoms with Gasteiger partial charge in [-0.25, -0.2) is 27.8 Å².